The number of hydrogen-bond donors (Lipinski definition) is 0. The van der Waals surface area contributed by atoms with Gasteiger partial charge in [0.05, 0.1) is 48.0 Å². The highest BCUT2D eigenvalue weighted by Crippen LogP contribution is 2.37. The molecule has 0 saturated carbocycles. The molecule has 5 aromatic rings. The van der Waals surface area contributed by atoms with Crippen molar-refractivity contribution in [3.05, 3.63) is 86.1 Å². The molecule has 0 fully saturated rings. The first-order valence-electron chi connectivity index (χ1n) is 11.3. The van der Waals surface area contributed by atoms with Crippen LogP contribution in [0.25, 0.3) is 22.1 Å². The summed E-state index contributed by atoms with van der Waals surface area (Å²) in [5.41, 5.74) is 2.21. The molecule has 7 nitrogen and oxygen atoms in total. The molecule has 0 saturated heterocycles. The molecule has 0 aliphatic carbocycles. The predicted octanol–water partition coefficient (Wildman–Crippen LogP) is 4.98. The van der Waals surface area contributed by atoms with E-state index >= 15 is 0 Å². The number of thiazole rings is 1. The van der Waals surface area contributed by atoms with Crippen LogP contribution in [0.4, 0.5) is 0 Å². The third-order valence-electron chi connectivity index (χ3n) is 5.56. The highest BCUT2D eigenvalue weighted by atomic mass is 35.5. The molecule has 0 amide bonds. The van der Waals surface area contributed by atoms with Gasteiger partial charge in [0.2, 0.25) is 0 Å². The molecule has 0 aliphatic rings. The topological polar surface area (TPSA) is 71.3 Å². The molecule has 5 rings (SSSR count). The van der Waals surface area contributed by atoms with Crippen molar-refractivity contribution in [2.45, 2.75) is 6.42 Å². The third-order valence-corrected chi connectivity index (χ3v) is 6.81. The van der Waals surface area contributed by atoms with Crippen molar-refractivity contribution < 1.29 is 18.9 Å². The van der Waals surface area contributed by atoms with Gasteiger partial charge >= 0.3 is 0 Å². The lowest BCUT2D eigenvalue weighted by Gasteiger charge is -2.14. The maximum absolute atomic E-state index is 13.1. The van der Waals surface area contributed by atoms with E-state index in [0.29, 0.717) is 57.1 Å². The lowest BCUT2D eigenvalue weighted by atomic mass is 10.2. The summed E-state index contributed by atoms with van der Waals surface area (Å²) >= 11 is 7.87. The molecular weight excluding hydrogens is 500 g/mol. The lowest BCUT2D eigenvalue weighted by molar-refractivity contribution is 0.235. The van der Waals surface area contributed by atoms with Gasteiger partial charge < -0.3 is 18.9 Å². The SMILES string of the molecule is COc1ccccc1OCCCOc1c(Cl)cc(/C=c2\sc3nc4ccccc4n3c2=O)cc1OC. The van der Waals surface area contributed by atoms with Crippen LogP contribution in [0.15, 0.2) is 65.5 Å². The minimum atomic E-state index is -0.117. The third kappa shape index (κ3) is 4.69. The van der Waals surface area contributed by atoms with Gasteiger partial charge in [0, 0.05) is 6.42 Å². The van der Waals surface area contributed by atoms with Crippen LogP contribution in [0.3, 0.4) is 0 Å². The van der Waals surface area contributed by atoms with Crippen molar-refractivity contribution in [2.24, 2.45) is 0 Å². The number of nitrogens with zero attached hydrogens (tertiary/aromatic N) is 2. The zero-order chi connectivity index (χ0) is 25.1. The Kier molecular flexibility index (Phi) is 6.97. The first kappa shape index (κ1) is 24.0. The zero-order valence-electron chi connectivity index (χ0n) is 19.7. The molecule has 0 aliphatic heterocycles. The van der Waals surface area contributed by atoms with E-state index in [-0.39, 0.29) is 5.56 Å². The van der Waals surface area contributed by atoms with Gasteiger partial charge in [-0.2, -0.15) is 0 Å². The molecule has 2 aromatic heterocycles. The van der Waals surface area contributed by atoms with E-state index in [2.05, 4.69) is 4.98 Å². The Balaban J connectivity index is 1.32. The summed E-state index contributed by atoms with van der Waals surface area (Å²) < 4.78 is 24.7. The van der Waals surface area contributed by atoms with Gasteiger partial charge in [0.15, 0.2) is 28.0 Å². The molecule has 3 aromatic carbocycles. The molecule has 36 heavy (non-hydrogen) atoms. The Hall–Kier alpha value is -3.75. The van der Waals surface area contributed by atoms with Crippen molar-refractivity contribution in [3.63, 3.8) is 0 Å². The zero-order valence-corrected chi connectivity index (χ0v) is 21.3. The summed E-state index contributed by atoms with van der Waals surface area (Å²) in [5.74, 6) is 2.30. The molecule has 0 atom stereocenters. The van der Waals surface area contributed by atoms with Gasteiger partial charge in [-0.05, 0) is 48.0 Å². The van der Waals surface area contributed by atoms with Gasteiger partial charge in [0.1, 0.15) is 0 Å². The van der Waals surface area contributed by atoms with Crippen LogP contribution in [0.5, 0.6) is 23.0 Å². The average molecular weight is 523 g/mol. The van der Waals surface area contributed by atoms with Crippen LogP contribution in [0.1, 0.15) is 12.0 Å². The molecule has 184 valence electrons. The van der Waals surface area contributed by atoms with E-state index in [0.717, 1.165) is 16.6 Å². The molecular formula is C27H23ClN2O5S. The van der Waals surface area contributed by atoms with Gasteiger partial charge in [-0.15, -0.1) is 0 Å². The number of methoxy groups -OCH3 is 2. The van der Waals surface area contributed by atoms with Crippen molar-refractivity contribution in [1.29, 1.82) is 0 Å². The normalized spacial score (nSPS) is 11.8. The first-order chi connectivity index (χ1) is 17.6. The summed E-state index contributed by atoms with van der Waals surface area (Å²) in [5, 5.41) is 0.394. The fourth-order valence-corrected chi connectivity index (χ4v) is 5.14. The summed E-state index contributed by atoms with van der Waals surface area (Å²) in [4.78, 5) is 18.3. The fraction of sp³-hybridized carbons (Fsp3) is 0.185. The largest absolute Gasteiger partial charge is 0.493 e. The number of para-hydroxylation sites is 4. The standard InChI is InChI=1S/C27H23ClN2O5S/c1-32-21-10-5-6-11-22(21)34-12-7-13-35-25-18(28)14-17(15-23(25)33-2)16-24-26(31)30-20-9-4-3-8-19(20)29-27(30)36-24/h3-6,8-11,14-16H,7,12-13H2,1-2H3/b24-16-. The van der Waals surface area contributed by atoms with E-state index in [4.69, 9.17) is 30.5 Å². The minimum Gasteiger partial charge on any atom is -0.493 e. The smallest absolute Gasteiger partial charge is 0.274 e. The van der Waals surface area contributed by atoms with Crippen LogP contribution in [0, 0.1) is 0 Å². The summed E-state index contributed by atoms with van der Waals surface area (Å²) in [6.45, 7) is 0.835. The fourth-order valence-electron chi connectivity index (χ4n) is 3.88. The maximum atomic E-state index is 13.1. The second kappa shape index (κ2) is 10.5. The highest BCUT2D eigenvalue weighted by molar-refractivity contribution is 7.15. The van der Waals surface area contributed by atoms with Gasteiger partial charge in [-0.3, -0.25) is 4.79 Å². The Bertz CT molecular complexity index is 1650. The Morgan fingerprint density at radius 3 is 2.47 bits per heavy atom. The quantitative estimate of drug-likeness (QED) is 0.254. The first-order valence-corrected chi connectivity index (χ1v) is 12.5. The van der Waals surface area contributed by atoms with E-state index in [1.165, 1.54) is 11.3 Å². The van der Waals surface area contributed by atoms with Crippen LogP contribution < -0.4 is 29.0 Å². The molecule has 0 N–H and O–H groups in total. The van der Waals surface area contributed by atoms with Gasteiger partial charge in [0.25, 0.3) is 5.56 Å². The van der Waals surface area contributed by atoms with Crippen molar-refractivity contribution in [3.8, 4) is 23.0 Å². The molecule has 2 heterocycles. The van der Waals surface area contributed by atoms with Gasteiger partial charge in [-0.1, -0.05) is 47.2 Å². The number of halogens is 1. The average Bonchev–Trinajstić information content (AvgIpc) is 3.40. The van der Waals surface area contributed by atoms with Crippen LogP contribution in [-0.2, 0) is 0 Å². The van der Waals surface area contributed by atoms with Crippen molar-refractivity contribution in [2.75, 3.05) is 27.4 Å². The molecule has 0 radical (unpaired) electrons. The predicted molar refractivity (Wildman–Crippen MR) is 142 cm³/mol. The summed E-state index contributed by atoms with van der Waals surface area (Å²) in [7, 11) is 3.16. The van der Waals surface area contributed by atoms with Crippen molar-refractivity contribution >= 4 is 45.0 Å². The van der Waals surface area contributed by atoms with Crippen molar-refractivity contribution in [1.82, 2.24) is 9.38 Å². The Morgan fingerprint density at radius 2 is 1.67 bits per heavy atom. The van der Waals surface area contributed by atoms with E-state index in [9.17, 15) is 4.79 Å². The lowest BCUT2D eigenvalue weighted by Crippen LogP contribution is -2.22. The number of hydrogen-bond acceptors (Lipinski definition) is 7. The maximum Gasteiger partial charge on any atom is 0.274 e. The number of benzene rings is 3. The molecule has 0 bridgehead atoms. The van der Waals surface area contributed by atoms with E-state index in [1.807, 2.05) is 48.5 Å². The van der Waals surface area contributed by atoms with E-state index < -0.39 is 0 Å². The summed E-state index contributed by atoms with van der Waals surface area (Å²) in [6, 6.07) is 18.6. The number of fused-ring (bicyclic) bond motifs is 3. The number of imidazole rings is 1. The minimum absolute atomic E-state index is 0.117. The Labute approximate surface area is 216 Å². The number of ether oxygens (including phenoxy) is 4. The molecule has 9 heteroatoms. The molecule has 0 spiro atoms. The van der Waals surface area contributed by atoms with Gasteiger partial charge in [-0.25, -0.2) is 9.38 Å². The summed E-state index contributed by atoms with van der Waals surface area (Å²) in [6.07, 6.45) is 2.42. The highest BCUT2D eigenvalue weighted by Gasteiger charge is 2.14. The van der Waals surface area contributed by atoms with Crippen LogP contribution in [-0.4, -0.2) is 36.8 Å². The molecule has 0 unspecified atom stereocenters. The second-order valence-corrected chi connectivity index (χ2v) is 9.29. The second-order valence-electron chi connectivity index (χ2n) is 7.87. The monoisotopic (exact) mass is 522 g/mol. The van der Waals surface area contributed by atoms with Crippen LogP contribution >= 0.6 is 22.9 Å². The number of aromatic nitrogens is 2. The van der Waals surface area contributed by atoms with Crippen LogP contribution in [0.2, 0.25) is 5.02 Å². The number of rotatable bonds is 9. The Morgan fingerprint density at radius 1 is 0.944 bits per heavy atom. The van der Waals surface area contributed by atoms with E-state index in [1.54, 1.807) is 36.8 Å².